The van der Waals surface area contributed by atoms with Crippen LogP contribution in [0, 0.1) is 11.7 Å². The van der Waals surface area contributed by atoms with Crippen LogP contribution in [0.15, 0.2) is 77.9 Å². The summed E-state index contributed by atoms with van der Waals surface area (Å²) in [6.45, 7) is 0.782. The fraction of sp³-hybridized carbons (Fsp3) is 0.231. The lowest BCUT2D eigenvalue weighted by atomic mass is 9.86. The first-order valence-corrected chi connectivity index (χ1v) is 10.8. The van der Waals surface area contributed by atoms with Gasteiger partial charge >= 0.3 is 6.03 Å². The number of rotatable bonds is 4. The number of carbonyl (C=O) groups is 1. The predicted molar refractivity (Wildman–Crippen MR) is 123 cm³/mol. The van der Waals surface area contributed by atoms with Crippen LogP contribution in [0.5, 0.6) is 11.5 Å². The van der Waals surface area contributed by atoms with E-state index in [9.17, 15) is 9.18 Å². The van der Waals surface area contributed by atoms with Crippen LogP contribution in [0.25, 0.3) is 0 Å². The average Bonchev–Trinajstić information content (AvgIpc) is 3.23. The molecule has 5 rings (SSSR count). The highest BCUT2D eigenvalue weighted by Gasteiger charge is 2.45. The molecule has 2 atom stereocenters. The van der Waals surface area contributed by atoms with Gasteiger partial charge in [-0.3, -0.25) is 0 Å². The summed E-state index contributed by atoms with van der Waals surface area (Å²) < 4.78 is 26.0. The van der Waals surface area contributed by atoms with E-state index >= 15 is 0 Å². The van der Waals surface area contributed by atoms with E-state index in [1.165, 1.54) is 22.0 Å². The van der Waals surface area contributed by atoms with Gasteiger partial charge in [-0.1, -0.05) is 42.5 Å². The standard InChI is InChI=1S/C26H24FN3O3/c1-29(2)26(31)30-25(22-16-33-23-12-11-19(27)14-21(23)24(22)28-30)18-9-6-10-20(13-18)32-15-17-7-4-3-5-8-17/h3-14,22,25H,15-16H2,1-2H3. The van der Waals surface area contributed by atoms with Gasteiger partial charge in [0.05, 0.1) is 24.3 Å². The predicted octanol–water partition coefficient (Wildman–Crippen LogP) is 4.86. The molecule has 0 saturated heterocycles. The Morgan fingerprint density at radius 3 is 2.73 bits per heavy atom. The van der Waals surface area contributed by atoms with Gasteiger partial charge in [-0.15, -0.1) is 0 Å². The summed E-state index contributed by atoms with van der Waals surface area (Å²) in [4.78, 5) is 14.5. The zero-order valence-electron chi connectivity index (χ0n) is 18.4. The zero-order valence-corrected chi connectivity index (χ0v) is 18.4. The molecule has 2 aliphatic rings. The van der Waals surface area contributed by atoms with Gasteiger partial charge in [0.25, 0.3) is 0 Å². The first-order chi connectivity index (χ1) is 16.0. The fourth-order valence-corrected chi connectivity index (χ4v) is 4.27. The Hall–Kier alpha value is -3.87. The Balaban J connectivity index is 1.48. The van der Waals surface area contributed by atoms with E-state index in [4.69, 9.17) is 9.47 Å². The summed E-state index contributed by atoms with van der Waals surface area (Å²) in [5.74, 6) is 0.674. The molecule has 33 heavy (non-hydrogen) atoms. The summed E-state index contributed by atoms with van der Waals surface area (Å²) in [6, 6.07) is 21.3. The van der Waals surface area contributed by atoms with E-state index in [1.807, 2.05) is 54.6 Å². The highest BCUT2D eigenvalue weighted by molar-refractivity contribution is 6.07. The lowest BCUT2D eigenvalue weighted by Gasteiger charge is -2.31. The monoisotopic (exact) mass is 445 g/mol. The van der Waals surface area contributed by atoms with Crippen molar-refractivity contribution in [2.75, 3.05) is 20.7 Å². The molecule has 2 heterocycles. The molecule has 0 fully saturated rings. The largest absolute Gasteiger partial charge is 0.492 e. The molecule has 168 valence electrons. The van der Waals surface area contributed by atoms with Gasteiger partial charge in [0.2, 0.25) is 0 Å². The van der Waals surface area contributed by atoms with Gasteiger partial charge in [-0.2, -0.15) is 5.10 Å². The van der Waals surface area contributed by atoms with Gasteiger partial charge in [0, 0.05) is 19.7 Å². The summed E-state index contributed by atoms with van der Waals surface area (Å²) in [6.07, 6.45) is 0. The summed E-state index contributed by atoms with van der Waals surface area (Å²) in [5.41, 5.74) is 3.19. The SMILES string of the molecule is CN(C)C(=O)N1N=C2c3cc(F)ccc3OCC2C1c1cccc(OCc2ccccc2)c1. The number of hydrogen-bond acceptors (Lipinski definition) is 4. The van der Waals surface area contributed by atoms with Crippen molar-refractivity contribution >= 4 is 11.7 Å². The summed E-state index contributed by atoms with van der Waals surface area (Å²) in [5, 5.41) is 6.14. The second-order valence-electron chi connectivity index (χ2n) is 8.36. The Morgan fingerprint density at radius 1 is 1.12 bits per heavy atom. The molecule has 2 unspecified atom stereocenters. The number of nitrogens with zero attached hydrogens (tertiary/aromatic N) is 3. The minimum atomic E-state index is -0.397. The number of halogens is 1. The fourth-order valence-electron chi connectivity index (χ4n) is 4.27. The third-order valence-corrected chi connectivity index (χ3v) is 5.87. The molecular formula is C26H24FN3O3. The molecular weight excluding hydrogens is 421 g/mol. The number of benzene rings is 3. The van der Waals surface area contributed by atoms with E-state index in [0.29, 0.717) is 36.0 Å². The van der Waals surface area contributed by atoms with E-state index in [0.717, 1.165) is 11.1 Å². The number of hydrogen-bond donors (Lipinski definition) is 0. The molecule has 0 radical (unpaired) electrons. The maximum Gasteiger partial charge on any atom is 0.340 e. The van der Waals surface area contributed by atoms with Crippen LogP contribution in [0.3, 0.4) is 0 Å². The maximum atomic E-state index is 14.0. The van der Waals surface area contributed by atoms with Crippen LogP contribution in [0.1, 0.15) is 22.7 Å². The van der Waals surface area contributed by atoms with Crippen LogP contribution in [-0.4, -0.2) is 42.4 Å². The first kappa shape index (κ1) is 21.0. The highest BCUT2D eigenvalue weighted by atomic mass is 19.1. The Labute approximate surface area is 191 Å². The number of amides is 2. The molecule has 2 aliphatic heterocycles. The smallest absolute Gasteiger partial charge is 0.340 e. The molecule has 0 aliphatic carbocycles. The van der Waals surface area contributed by atoms with Crippen LogP contribution in [0.4, 0.5) is 9.18 Å². The third-order valence-electron chi connectivity index (χ3n) is 5.87. The van der Waals surface area contributed by atoms with Gasteiger partial charge in [-0.05, 0) is 41.5 Å². The van der Waals surface area contributed by atoms with Crippen molar-refractivity contribution in [1.82, 2.24) is 9.91 Å². The number of fused-ring (bicyclic) bond motifs is 3. The molecule has 2 amide bonds. The Morgan fingerprint density at radius 2 is 1.94 bits per heavy atom. The minimum Gasteiger partial charge on any atom is -0.492 e. The van der Waals surface area contributed by atoms with E-state index in [-0.39, 0.29) is 17.8 Å². The summed E-state index contributed by atoms with van der Waals surface area (Å²) in [7, 11) is 3.37. The van der Waals surface area contributed by atoms with Gasteiger partial charge in [-0.25, -0.2) is 14.2 Å². The van der Waals surface area contributed by atoms with Gasteiger partial charge in [0.1, 0.15) is 23.9 Å². The average molecular weight is 445 g/mol. The number of ether oxygens (including phenoxy) is 2. The third kappa shape index (κ3) is 4.02. The molecule has 3 aromatic carbocycles. The molecule has 0 spiro atoms. The topological polar surface area (TPSA) is 54.4 Å². The first-order valence-electron chi connectivity index (χ1n) is 10.8. The minimum absolute atomic E-state index is 0.229. The van der Waals surface area contributed by atoms with Crippen LogP contribution in [-0.2, 0) is 6.61 Å². The van der Waals surface area contributed by atoms with Crippen molar-refractivity contribution in [3.05, 3.63) is 95.3 Å². The van der Waals surface area contributed by atoms with Gasteiger partial charge < -0.3 is 14.4 Å². The number of hydrazone groups is 1. The van der Waals surface area contributed by atoms with Crippen molar-refractivity contribution in [3.63, 3.8) is 0 Å². The highest BCUT2D eigenvalue weighted by Crippen LogP contribution is 2.43. The van der Waals surface area contributed by atoms with Crippen LogP contribution in [0.2, 0.25) is 0 Å². The number of carbonyl (C=O) groups excluding carboxylic acids is 1. The van der Waals surface area contributed by atoms with E-state index in [2.05, 4.69) is 5.10 Å². The quantitative estimate of drug-likeness (QED) is 0.577. The Bertz CT molecular complexity index is 1210. The van der Waals surface area contributed by atoms with Crippen LogP contribution < -0.4 is 9.47 Å². The lowest BCUT2D eigenvalue weighted by molar-refractivity contribution is 0.139. The maximum absolute atomic E-state index is 14.0. The lowest BCUT2D eigenvalue weighted by Crippen LogP contribution is -2.39. The molecule has 6 nitrogen and oxygen atoms in total. The van der Waals surface area contributed by atoms with Crippen molar-refractivity contribution < 1.29 is 18.7 Å². The molecule has 7 heteroatoms. The van der Waals surface area contributed by atoms with Crippen molar-refractivity contribution in [2.45, 2.75) is 12.6 Å². The molecule has 0 aromatic heterocycles. The number of urea groups is 1. The zero-order chi connectivity index (χ0) is 22.9. The molecule has 0 saturated carbocycles. The normalized spacial score (nSPS) is 18.6. The van der Waals surface area contributed by atoms with Gasteiger partial charge in [0.15, 0.2) is 0 Å². The molecule has 3 aromatic rings. The van der Waals surface area contributed by atoms with Crippen molar-refractivity contribution in [2.24, 2.45) is 11.0 Å². The molecule has 0 N–H and O–H groups in total. The Kier molecular flexibility index (Phi) is 5.46. The van der Waals surface area contributed by atoms with Crippen LogP contribution >= 0.6 is 0 Å². The van der Waals surface area contributed by atoms with Crippen molar-refractivity contribution in [1.29, 1.82) is 0 Å². The second kappa shape index (κ2) is 8.58. The summed E-state index contributed by atoms with van der Waals surface area (Å²) >= 11 is 0. The molecule has 0 bridgehead atoms. The van der Waals surface area contributed by atoms with E-state index in [1.54, 1.807) is 20.2 Å². The van der Waals surface area contributed by atoms with E-state index < -0.39 is 6.04 Å². The second-order valence-corrected chi connectivity index (χ2v) is 8.36. The van der Waals surface area contributed by atoms with Crippen molar-refractivity contribution in [3.8, 4) is 11.5 Å².